The van der Waals surface area contributed by atoms with Crippen molar-refractivity contribution in [3.63, 3.8) is 0 Å². The predicted molar refractivity (Wildman–Crippen MR) is 71.1 cm³/mol. The van der Waals surface area contributed by atoms with Crippen molar-refractivity contribution >= 4 is 23.8 Å². The van der Waals surface area contributed by atoms with Crippen molar-refractivity contribution in [2.75, 3.05) is 19.5 Å². The number of benzene rings is 1. The highest BCUT2D eigenvalue weighted by Crippen LogP contribution is 2.13. The summed E-state index contributed by atoms with van der Waals surface area (Å²) < 4.78 is 4.97. The van der Waals surface area contributed by atoms with Gasteiger partial charge in [0.1, 0.15) is 0 Å². The van der Waals surface area contributed by atoms with Gasteiger partial charge < -0.3 is 9.84 Å². The predicted octanol–water partition coefficient (Wildman–Crippen LogP) is 2.66. The standard InChI is InChI=1S/C13H16O3S/c1-16-8-9-17-10-12-4-2-11(3-5-12)6-7-13(14)15/h2-7H,8-10H2,1H3,(H,14,15). The Hall–Kier alpha value is -1.26. The molecular weight excluding hydrogens is 236 g/mol. The third kappa shape index (κ3) is 6.14. The van der Waals surface area contributed by atoms with Crippen LogP contribution < -0.4 is 0 Å². The molecule has 0 aliphatic rings. The van der Waals surface area contributed by atoms with Gasteiger partial charge in [0.25, 0.3) is 0 Å². The lowest BCUT2D eigenvalue weighted by Crippen LogP contribution is -1.92. The highest BCUT2D eigenvalue weighted by molar-refractivity contribution is 7.98. The second-order valence-corrected chi connectivity index (χ2v) is 4.56. The molecular formula is C13H16O3S. The first-order chi connectivity index (χ1) is 8.22. The summed E-state index contributed by atoms with van der Waals surface area (Å²) in [6, 6.07) is 7.87. The van der Waals surface area contributed by atoms with E-state index in [0.29, 0.717) is 0 Å². The molecule has 0 heterocycles. The van der Waals surface area contributed by atoms with Crippen molar-refractivity contribution in [2.45, 2.75) is 5.75 Å². The maximum atomic E-state index is 10.3. The summed E-state index contributed by atoms with van der Waals surface area (Å²) in [5, 5.41) is 8.49. The first-order valence-electron chi connectivity index (χ1n) is 5.29. The molecule has 0 atom stereocenters. The van der Waals surface area contributed by atoms with Crippen LogP contribution in [0.25, 0.3) is 6.08 Å². The van der Waals surface area contributed by atoms with Crippen LogP contribution in [0.3, 0.4) is 0 Å². The normalized spacial score (nSPS) is 10.9. The number of ether oxygens (including phenoxy) is 1. The SMILES string of the molecule is COCCSCc1ccc(C=CC(=O)O)cc1. The Morgan fingerprint density at radius 3 is 2.71 bits per heavy atom. The molecule has 0 aliphatic carbocycles. The summed E-state index contributed by atoms with van der Waals surface area (Å²) in [5.41, 5.74) is 2.14. The van der Waals surface area contributed by atoms with Crippen molar-refractivity contribution in [1.29, 1.82) is 0 Å². The second kappa shape index (κ2) is 7.92. The number of aliphatic carboxylic acids is 1. The molecule has 0 aromatic heterocycles. The van der Waals surface area contributed by atoms with Crippen LogP contribution in [0.4, 0.5) is 0 Å². The van der Waals surface area contributed by atoms with Crippen LogP contribution in [-0.2, 0) is 15.3 Å². The van der Waals surface area contributed by atoms with E-state index in [0.717, 1.165) is 29.8 Å². The monoisotopic (exact) mass is 252 g/mol. The molecule has 3 nitrogen and oxygen atoms in total. The van der Waals surface area contributed by atoms with Gasteiger partial charge in [0.05, 0.1) is 6.61 Å². The maximum absolute atomic E-state index is 10.3. The molecule has 0 amide bonds. The molecule has 0 bridgehead atoms. The van der Waals surface area contributed by atoms with Gasteiger partial charge in [-0.2, -0.15) is 11.8 Å². The van der Waals surface area contributed by atoms with Gasteiger partial charge in [-0.15, -0.1) is 0 Å². The Morgan fingerprint density at radius 1 is 1.41 bits per heavy atom. The summed E-state index contributed by atoms with van der Waals surface area (Å²) in [5.74, 6) is 1.01. The van der Waals surface area contributed by atoms with E-state index in [2.05, 4.69) is 0 Å². The Balaban J connectivity index is 2.42. The highest BCUT2D eigenvalue weighted by Gasteiger charge is 1.94. The topological polar surface area (TPSA) is 46.5 Å². The lowest BCUT2D eigenvalue weighted by Gasteiger charge is -2.02. The van der Waals surface area contributed by atoms with Crippen LogP contribution in [0.2, 0.25) is 0 Å². The number of hydrogen-bond donors (Lipinski definition) is 1. The van der Waals surface area contributed by atoms with Gasteiger partial charge in [0.15, 0.2) is 0 Å². The lowest BCUT2D eigenvalue weighted by atomic mass is 10.1. The van der Waals surface area contributed by atoms with Gasteiger partial charge in [0, 0.05) is 24.7 Å². The van der Waals surface area contributed by atoms with Crippen LogP contribution in [-0.4, -0.2) is 30.5 Å². The van der Waals surface area contributed by atoms with Gasteiger partial charge in [-0.05, 0) is 17.2 Å². The summed E-state index contributed by atoms with van der Waals surface area (Å²) in [4.78, 5) is 10.3. The van der Waals surface area contributed by atoms with Crippen molar-refractivity contribution in [2.24, 2.45) is 0 Å². The van der Waals surface area contributed by atoms with Gasteiger partial charge in [-0.25, -0.2) is 4.79 Å². The summed E-state index contributed by atoms with van der Waals surface area (Å²) >= 11 is 1.82. The minimum Gasteiger partial charge on any atom is -0.478 e. The molecule has 1 rings (SSSR count). The fourth-order valence-electron chi connectivity index (χ4n) is 1.22. The van der Waals surface area contributed by atoms with E-state index >= 15 is 0 Å². The number of carboxylic acid groups (broad SMARTS) is 1. The van der Waals surface area contributed by atoms with Crippen LogP contribution >= 0.6 is 11.8 Å². The first kappa shape index (κ1) is 13.8. The van der Waals surface area contributed by atoms with E-state index in [1.807, 2.05) is 36.0 Å². The lowest BCUT2D eigenvalue weighted by molar-refractivity contribution is -0.131. The van der Waals surface area contributed by atoms with Crippen LogP contribution in [0.15, 0.2) is 30.3 Å². The minimum atomic E-state index is -0.927. The Kier molecular flexibility index (Phi) is 6.43. The molecule has 1 aromatic carbocycles. The summed E-state index contributed by atoms with van der Waals surface area (Å²) in [6.07, 6.45) is 2.73. The summed E-state index contributed by atoms with van der Waals surface area (Å²) in [6.45, 7) is 0.768. The van der Waals surface area contributed by atoms with E-state index in [4.69, 9.17) is 9.84 Å². The number of carboxylic acids is 1. The second-order valence-electron chi connectivity index (χ2n) is 3.46. The molecule has 0 aliphatic heterocycles. The fourth-order valence-corrected chi connectivity index (χ4v) is 2.08. The van der Waals surface area contributed by atoms with Crippen molar-refractivity contribution in [3.05, 3.63) is 41.5 Å². The minimum absolute atomic E-state index is 0.768. The zero-order valence-electron chi connectivity index (χ0n) is 9.76. The maximum Gasteiger partial charge on any atom is 0.328 e. The molecule has 0 unspecified atom stereocenters. The third-order valence-electron chi connectivity index (χ3n) is 2.10. The molecule has 0 saturated carbocycles. The largest absolute Gasteiger partial charge is 0.478 e. The van der Waals surface area contributed by atoms with E-state index in [9.17, 15) is 4.79 Å². The van der Waals surface area contributed by atoms with Crippen LogP contribution in [0.5, 0.6) is 0 Å². The van der Waals surface area contributed by atoms with Gasteiger partial charge in [-0.1, -0.05) is 24.3 Å². The van der Waals surface area contributed by atoms with E-state index in [-0.39, 0.29) is 0 Å². The number of carbonyl (C=O) groups is 1. The molecule has 4 heteroatoms. The van der Waals surface area contributed by atoms with Gasteiger partial charge in [0.2, 0.25) is 0 Å². The Labute approximate surface area is 105 Å². The van der Waals surface area contributed by atoms with E-state index in [1.165, 1.54) is 5.56 Å². The zero-order valence-corrected chi connectivity index (χ0v) is 10.6. The van der Waals surface area contributed by atoms with Crippen molar-refractivity contribution in [1.82, 2.24) is 0 Å². The molecule has 92 valence electrons. The van der Waals surface area contributed by atoms with Crippen molar-refractivity contribution in [3.8, 4) is 0 Å². The van der Waals surface area contributed by atoms with E-state index in [1.54, 1.807) is 13.2 Å². The van der Waals surface area contributed by atoms with Crippen molar-refractivity contribution < 1.29 is 14.6 Å². The molecule has 1 N–H and O–H groups in total. The number of hydrogen-bond acceptors (Lipinski definition) is 3. The molecule has 1 aromatic rings. The Bertz CT molecular complexity index is 371. The average Bonchev–Trinajstić information content (AvgIpc) is 2.33. The van der Waals surface area contributed by atoms with Crippen LogP contribution in [0, 0.1) is 0 Å². The molecule has 0 radical (unpaired) electrons. The third-order valence-corrected chi connectivity index (χ3v) is 3.09. The smallest absolute Gasteiger partial charge is 0.328 e. The average molecular weight is 252 g/mol. The van der Waals surface area contributed by atoms with Crippen LogP contribution in [0.1, 0.15) is 11.1 Å². The molecule has 0 fully saturated rings. The van der Waals surface area contributed by atoms with Gasteiger partial charge in [-0.3, -0.25) is 0 Å². The molecule has 0 spiro atoms. The van der Waals surface area contributed by atoms with Gasteiger partial charge >= 0.3 is 5.97 Å². The number of rotatable bonds is 7. The zero-order chi connectivity index (χ0) is 12.5. The molecule has 0 saturated heterocycles. The number of methoxy groups -OCH3 is 1. The quantitative estimate of drug-likeness (QED) is 0.598. The van der Waals surface area contributed by atoms with E-state index < -0.39 is 5.97 Å². The first-order valence-corrected chi connectivity index (χ1v) is 6.44. The Morgan fingerprint density at radius 2 is 2.12 bits per heavy atom. The number of thioether (sulfide) groups is 1. The fraction of sp³-hybridized carbons (Fsp3) is 0.308. The molecule has 17 heavy (non-hydrogen) atoms. The highest BCUT2D eigenvalue weighted by atomic mass is 32.2. The summed E-state index contributed by atoms with van der Waals surface area (Å²) in [7, 11) is 1.70.